The van der Waals surface area contributed by atoms with Gasteiger partial charge in [0.1, 0.15) is 5.82 Å². The zero-order valence-corrected chi connectivity index (χ0v) is 11.0. The van der Waals surface area contributed by atoms with Gasteiger partial charge in [-0.3, -0.25) is 0 Å². The predicted octanol–water partition coefficient (Wildman–Crippen LogP) is 2.82. The molecule has 0 spiro atoms. The first-order chi connectivity index (χ1) is 8.11. The number of benzene rings is 1. The topological polar surface area (TPSA) is 23.5 Å². The van der Waals surface area contributed by atoms with Crippen LogP contribution in [0.2, 0.25) is 0 Å². The summed E-state index contributed by atoms with van der Waals surface area (Å²) in [6.07, 6.45) is -0.637. The van der Waals surface area contributed by atoms with E-state index in [-0.39, 0.29) is 5.82 Å². The molecule has 1 heterocycles. The molecule has 1 aromatic carbocycles. The van der Waals surface area contributed by atoms with Crippen molar-refractivity contribution in [1.82, 2.24) is 0 Å². The molecule has 0 amide bonds. The molecule has 1 aromatic rings. The van der Waals surface area contributed by atoms with Crippen LogP contribution in [0.5, 0.6) is 0 Å². The summed E-state index contributed by atoms with van der Waals surface area (Å²) in [6, 6.07) is 5.24. The molecule has 1 fully saturated rings. The van der Waals surface area contributed by atoms with Crippen molar-refractivity contribution in [3.8, 4) is 0 Å². The van der Waals surface area contributed by atoms with E-state index in [1.54, 1.807) is 19.1 Å². The highest BCUT2D eigenvalue weighted by atomic mass is 32.2. The minimum absolute atomic E-state index is 0.234. The number of para-hydroxylation sites is 1. The fraction of sp³-hybridized carbons (Fsp3) is 0.538. The standard InChI is InChI=1S/C13H18FNOS/c1-9-8-17-7-6-15(9)13-11(10(2)16)4-3-5-12(13)14/h3-5,9-10,16H,6-8H2,1-2H3/t9?,10-/m0/s1. The van der Waals surface area contributed by atoms with E-state index < -0.39 is 6.10 Å². The van der Waals surface area contributed by atoms with Crippen LogP contribution >= 0.6 is 11.8 Å². The third-order valence-corrected chi connectivity index (χ3v) is 4.31. The lowest BCUT2D eigenvalue weighted by molar-refractivity contribution is 0.199. The second kappa shape index (κ2) is 5.27. The van der Waals surface area contributed by atoms with Gasteiger partial charge in [-0.1, -0.05) is 12.1 Å². The van der Waals surface area contributed by atoms with Crippen LogP contribution in [0.4, 0.5) is 10.1 Å². The van der Waals surface area contributed by atoms with Crippen molar-refractivity contribution in [3.05, 3.63) is 29.6 Å². The van der Waals surface area contributed by atoms with Gasteiger partial charge in [0.2, 0.25) is 0 Å². The Kier molecular flexibility index (Phi) is 3.94. The molecule has 0 aromatic heterocycles. The van der Waals surface area contributed by atoms with Crippen LogP contribution < -0.4 is 4.90 Å². The van der Waals surface area contributed by atoms with Gasteiger partial charge >= 0.3 is 0 Å². The van der Waals surface area contributed by atoms with E-state index in [0.29, 0.717) is 17.3 Å². The molecule has 1 aliphatic heterocycles. The quantitative estimate of drug-likeness (QED) is 0.879. The van der Waals surface area contributed by atoms with E-state index in [1.807, 2.05) is 11.8 Å². The molecule has 0 bridgehead atoms. The number of rotatable bonds is 2. The van der Waals surface area contributed by atoms with E-state index >= 15 is 0 Å². The van der Waals surface area contributed by atoms with Gasteiger partial charge in [0.05, 0.1) is 11.8 Å². The van der Waals surface area contributed by atoms with Gasteiger partial charge < -0.3 is 10.0 Å². The van der Waals surface area contributed by atoms with Crippen molar-refractivity contribution in [2.45, 2.75) is 26.0 Å². The van der Waals surface area contributed by atoms with Gasteiger partial charge in [0, 0.05) is 29.7 Å². The lowest BCUT2D eigenvalue weighted by Gasteiger charge is -2.36. The SMILES string of the molecule is CC1CSCCN1c1c(F)cccc1[C@H](C)O. The Morgan fingerprint density at radius 3 is 2.94 bits per heavy atom. The molecule has 17 heavy (non-hydrogen) atoms. The Bertz CT molecular complexity index is 397. The number of hydrogen-bond acceptors (Lipinski definition) is 3. The second-order valence-corrected chi connectivity index (χ2v) is 5.62. The maximum Gasteiger partial charge on any atom is 0.146 e. The Labute approximate surface area is 106 Å². The van der Waals surface area contributed by atoms with Crippen molar-refractivity contribution in [2.75, 3.05) is 23.0 Å². The first-order valence-electron chi connectivity index (χ1n) is 5.92. The predicted molar refractivity (Wildman–Crippen MR) is 71.2 cm³/mol. The molecule has 2 rings (SSSR count). The van der Waals surface area contributed by atoms with Crippen molar-refractivity contribution in [1.29, 1.82) is 0 Å². The molecule has 0 saturated carbocycles. The molecule has 2 nitrogen and oxygen atoms in total. The van der Waals surface area contributed by atoms with Crippen molar-refractivity contribution < 1.29 is 9.50 Å². The Morgan fingerprint density at radius 2 is 2.29 bits per heavy atom. The van der Waals surface area contributed by atoms with Crippen LogP contribution in [0.3, 0.4) is 0 Å². The summed E-state index contributed by atoms with van der Waals surface area (Å²) in [5.41, 5.74) is 1.26. The van der Waals surface area contributed by atoms with Crippen LogP contribution in [0.15, 0.2) is 18.2 Å². The molecule has 0 radical (unpaired) electrons. The minimum Gasteiger partial charge on any atom is -0.389 e. The monoisotopic (exact) mass is 255 g/mol. The van der Waals surface area contributed by atoms with E-state index in [2.05, 4.69) is 11.8 Å². The number of aliphatic hydroxyl groups excluding tert-OH is 1. The molecule has 0 aliphatic carbocycles. The molecule has 2 atom stereocenters. The van der Waals surface area contributed by atoms with E-state index in [0.717, 1.165) is 18.1 Å². The van der Waals surface area contributed by atoms with Crippen molar-refractivity contribution in [3.63, 3.8) is 0 Å². The molecule has 1 saturated heterocycles. The smallest absolute Gasteiger partial charge is 0.146 e. The Balaban J connectivity index is 2.41. The number of nitrogens with zero attached hydrogens (tertiary/aromatic N) is 1. The van der Waals surface area contributed by atoms with E-state index in [1.165, 1.54) is 6.07 Å². The third kappa shape index (κ3) is 2.58. The fourth-order valence-electron chi connectivity index (χ4n) is 2.23. The molecular weight excluding hydrogens is 237 g/mol. The Morgan fingerprint density at radius 1 is 1.53 bits per heavy atom. The minimum atomic E-state index is -0.637. The lowest BCUT2D eigenvalue weighted by Crippen LogP contribution is -2.41. The summed E-state index contributed by atoms with van der Waals surface area (Å²) in [7, 11) is 0. The largest absolute Gasteiger partial charge is 0.389 e. The van der Waals surface area contributed by atoms with E-state index in [4.69, 9.17) is 0 Å². The van der Waals surface area contributed by atoms with Crippen LogP contribution in [0.1, 0.15) is 25.5 Å². The highest BCUT2D eigenvalue weighted by Crippen LogP contribution is 2.33. The zero-order chi connectivity index (χ0) is 12.4. The summed E-state index contributed by atoms with van der Waals surface area (Å²) >= 11 is 1.89. The highest BCUT2D eigenvalue weighted by Gasteiger charge is 2.25. The summed E-state index contributed by atoms with van der Waals surface area (Å²) in [4.78, 5) is 2.08. The van der Waals surface area contributed by atoms with Crippen molar-refractivity contribution in [2.24, 2.45) is 0 Å². The average molecular weight is 255 g/mol. The lowest BCUT2D eigenvalue weighted by atomic mass is 10.1. The number of aliphatic hydroxyl groups is 1. The normalized spacial score (nSPS) is 22.6. The average Bonchev–Trinajstić information content (AvgIpc) is 2.30. The summed E-state index contributed by atoms with van der Waals surface area (Å²) in [5, 5.41) is 9.75. The highest BCUT2D eigenvalue weighted by molar-refractivity contribution is 7.99. The molecule has 4 heteroatoms. The molecule has 1 unspecified atom stereocenters. The number of hydrogen-bond donors (Lipinski definition) is 1. The summed E-state index contributed by atoms with van der Waals surface area (Å²) in [6.45, 7) is 4.62. The number of halogens is 1. The van der Waals surface area contributed by atoms with Gasteiger partial charge in [0.15, 0.2) is 0 Å². The number of thioether (sulfide) groups is 1. The number of anilines is 1. The van der Waals surface area contributed by atoms with Gasteiger partial charge in [0.25, 0.3) is 0 Å². The van der Waals surface area contributed by atoms with Crippen LogP contribution in [-0.4, -0.2) is 29.2 Å². The van der Waals surface area contributed by atoms with Crippen LogP contribution in [0, 0.1) is 5.82 Å². The van der Waals surface area contributed by atoms with Crippen LogP contribution in [0.25, 0.3) is 0 Å². The summed E-state index contributed by atoms with van der Waals surface area (Å²) < 4.78 is 14.0. The Hall–Kier alpha value is -0.740. The first kappa shape index (κ1) is 12.7. The van der Waals surface area contributed by atoms with Gasteiger partial charge in [-0.25, -0.2) is 4.39 Å². The maximum atomic E-state index is 14.0. The van der Waals surface area contributed by atoms with Crippen molar-refractivity contribution >= 4 is 17.4 Å². The fourth-order valence-corrected chi connectivity index (χ4v) is 3.25. The molecule has 94 valence electrons. The van der Waals surface area contributed by atoms with Gasteiger partial charge in [-0.2, -0.15) is 11.8 Å². The second-order valence-electron chi connectivity index (χ2n) is 4.47. The zero-order valence-electron chi connectivity index (χ0n) is 10.2. The molecule has 1 N–H and O–H groups in total. The van der Waals surface area contributed by atoms with Crippen LogP contribution in [-0.2, 0) is 0 Å². The first-order valence-corrected chi connectivity index (χ1v) is 7.07. The van der Waals surface area contributed by atoms with E-state index in [9.17, 15) is 9.50 Å². The molecule has 1 aliphatic rings. The van der Waals surface area contributed by atoms with Gasteiger partial charge in [-0.05, 0) is 19.9 Å². The molecular formula is C13H18FNOS. The summed E-state index contributed by atoms with van der Waals surface area (Å²) in [5.74, 6) is 1.79. The maximum absolute atomic E-state index is 14.0. The van der Waals surface area contributed by atoms with Gasteiger partial charge in [-0.15, -0.1) is 0 Å². The third-order valence-electron chi connectivity index (χ3n) is 3.12.